The van der Waals surface area contributed by atoms with Gasteiger partial charge in [0.05, 0.1) is 0 Å². The average Bonchev–Trinajstić information content (AvgIpc) is 2.41. The maximum absolute atomic E-state index is 5.74. The molecule has 0 aromatic heterocycles. The fourth-order valence-corrected chi connectivity index (χ4v) is 3.42. The van der Waals surface area contributed by atoms with Crippen LogP contribution in [-0.4, -0.2) is 45.2 Å². The lowest BCUT2D eigenvalue weighted by Crippen LogP contribution is -2.37. The van der Waals surface area contributed by atoms with Gasteiger partial charge in [0.15, 0.2) is 0 Å². The highest BCUT2D eigenvalue weighted by molar-refractivity contribution is 9.10. The summed E-state index contributed by atoms with van der Waals surface area (Å²) in [5.41, 5.74) is 8.48. The van der Waals surface area contributed by atoms with Gasteiger partial charge < -0.3 is 15.5 Å². The average molecular weight is 340 g/mol. The Morgan fingerprint density at radius 3 is 2.60 bits per heavy atom. The maximum atomic E-state index is 5.74. The summed E-state index contributed by atoms with van der Waals surface area (Å²) in [4.78, 5) is 4.83. The van der Waals surface area contributed by atoms with E-state index in [0.29, 0.717) is 6.54 Å². The number of nitrogens with zero attached hydrogens (tertiary/aromatic N) is 2. The molecule has 0 atom stereocenters. The molecule has 0 saturated carbocycles. The number of anilines is 1. The lowest BCUT2D eigenvalue weighted by atomic mass is 9.95. The van der Waals surface area contributed by atoms with Crippen molar-refractivity contribution in [3.8, 4) is 0 Å². The zero-order valence-electron chi connectivity index (χ0n) is 12.6. The van der Waals surface area contributed by atoms with Crippen LogP contribution in [-0.2, 0) is 6.42 Å². The molecule has 3 nitrogen and oxygen atoms in total. The van der Waals surface area contributed by atoms with E-state index in [2.05, 4.69) is 58.0 Å². The fourth-order valence-electron chi connectivity index (χ4n) is 3.07. The van der Waals surface area contributed by atoms with Crippen LogP contribution in [0, 0.1) is 5.92 Å². The zero-order chi connectivity index (χ0) is 14.5. The number of rotatable bonds is 5. The molecule has 0 bridgehead atoms. The monoisotopic (exact) mass is 339 g/mol. The van der Waals surface area contributed by atoms with Crippen LogP contribution in [0.1, 0.15) is 18.4 Å². The Hall–Kier alpha value is -0.580. The predicted octanol–water partition coefficient (Wildman–Crippen LogP) is 2.73. The van der Waals surface area contributed by atoms with Gasteiger partial charge in [-0.3, -0.25) is 0 Å². The van der Waals surface area contributed by atoms with E-state index in [0.717, 1.165) is 29.9 Å². The van der Waals surface area contributed by atoms with Crippen LogP contribution in [0.2, 0.25) is 0 Å². The van der Waals surface area contributed by atoms with Crippen LogP contribution in [0.3, 0.4) is 0 Å². The fraction of sp³-hybridized carbons (Fsp3) is 0.625. The number of piperidine rings is 1. The smallest absolute Gasteiger partial charge is 0.0410 e. The minimum Gasteiger partial charge on any atom is -0.371 e. The molecular formula is C16H26BrN3. The third-order valence-electron chi connectivity index (χ3n) is 4.04. The number of halogens is 1. The summed E-state index contributed by atoms with van der Waals surface area (Å²) in [7, 11) is 4.33. The zero-order valence-corrected chi connectivity index (χ0v) is 14.2. The second-order valence-electron chi connectivity index (χ2n) is 6.00. The first-order chi connectivity index (χ1) is 9.60. The van der Waals surface area contributed by atoms with Crippen molar-refractivity contribution in [3.63, 3.8) is 0 Å². The molecule has 0 unspecified atom stereocenters. The largest absolute Gasteiger partial charge is 0.371 e. The van der Waals surface area contributed by atoms with Gasteiger partial charge in [0.1, 0.15) is 0 Å². The Morgan fingerprint density at radius 2 is 2.00 bits per heavy atom. The summed E-state index contributed by atoms with van der Waals surface area (Å²) in [6, 6.07) is 6.57. The summed E-state index contributed by atoms with van der Waals surface area (Å²) in [6.07, 6.45) is 3.53. The van der Waals surface area contributed by atoms with E-state index in [-0.39, 0.29) is 0 Å². The van der Waals surface area contributed by atoms with Crippen molar-refractivity contribution in [1.29, 1.82) is 0 Å². The molecule has 1 aliphatic heterocycles. The first kappa shape index (κ1) is 15.8. The van der Waals surface area contributed by atoms with E-state index in [1.54, 1.807) is 0 Å². The summed E-state index contributed by atoms with van der Waals surface area (Å²) in [5.74, 6) is 0.839. The van der Waals surface area contributed by atoms with Gasteiger partial charge in [-0.1, -0.05) is 22.0 Å². The number of hydrogen-bond acceptors (Lipinski definition) is 3. The third-order valence-corrected chi connectivity index (χ3v) is 4.53. The van der Waals surface area contributed by atoms with Crippen molar-refractivity contribution in [2.75, 3.05) is 45.2 Å². The Balaban J connectivity index is 2.04. The number of nitrogens with two attached hydrogens (primary N) is 1. The Morgan fingerprint density at radius 1 is 1.30 bits per heavy atom. The molecule has 1 aliphatic rings. The minimum atomic E-state index is 0.714. The summed E-state index contributed by atoms with van der Waals surface area (Å²) < 4.78 is 1.16. The number of hydrogen-bond donors (Lipinski definition) is 1. The maximum Gasteiger partial charge on any atom is 0.0410 e. The van der Waals surface area contributed by atoms with Crippen molar-refractivity contribution < 1.29 is 0 Å². The van der Waals surface area contributed by atoms with E-state index >= 15 is 0 Å². The van der Waals surface area contributed by atoms with E-state index in [9.17, 15) is 0 Å². The summed E-state index contributed by atoms with van der Waals surface area (Å²) >= 11 is 3.59. The van der Waals surface area contributed by atoms with E-state index in [4.69, 9.17) is 5.73 Å². The molecule has 0 aliphatic carbocycles. The van der Waals surface area contributed by atoms with Gasteiger partial charge in [0.25, 0.3) is 0 Å². The van der Waals surface area contributed by atoms with Gasteiger partial charge in [-0.2, -0.15) is 0 Å². The Bertz CT molecular complexity index is 426. The van der Waals surface area contributed by atoms with E-state index in [1.807, 2.05) is 0 Å². The van der Waals surface area contributed by atoms with Crippen molar-refractivity contribution in [2.24, 2.45) is 11.7 Å². The van der Waals surface area contributed by atoms with Crippen LogP contribution in [0.15, 0.2) is 22.7 Å². The van der Waals surface area contributed by atoms with E-state index < -0.39 is 0 Å². The Labute approximate surface area is 131 Å². The van der Waals surface area contributed by atoms with Crippen molar-refractivity contribution in [3.05, 3.63) is 28.2 Å². The first-order valence-corrected chi connectivity index (χ1v) is 8.27. The quantitative estimate of drug-likeness (QED) is 0.895. The first-order valence-electron chi connectivity index (χ1n) is 7.48. The normalized spacial score (nSPS) is 16.9. The van der Waals surface area contributed by atoms with E-state index in [1.165, 1.54) is 30.6 Å². The molecule has 0 spiro atoms. The second-order valence-corrected chi connectivity index (χ2v) is 6.92. The lowest BCUT2D eigenvalue weighted by molar-refractivity contribution is 0.285. The van der Waals surface area contributed by atoms with Crippen LogP contribution >= 0.6 is 15.9 Å². The second kappa shape index (κ2) is 7.43. The molecule has 1 aromatic carbocycles. The van der Waals surface area contributed by atoms with Crippen LogP contribution in [0.4, 0.5) is 5.69 Å². The van der Waals surface area contributed by atoms with Crippen molar-refractivity contribution >= 4 is 21.6 Å². The third kappa shape index (κ3) is 4.21. The molecule has 1 fully saturated rings. The Kier molecular flexibility index (Phi) is 5.87. The van der Waals surface area contributed by atoms with Gasteiger partial charge in [-0.15, -0.1) is 0 Å². The molecule has 112 valence electrons. The van der Waals surface area contributed by atoms with Gasteiger partial charge in [-0.05, 0) is 63.5 Å². The molecule has 0 amide bonds. The lowest BCUT2D eigenvalue weighted by Gasteiger charge is -2.36. The van der Waals surface area contributed by atoms with Crippen LogP contribution < -0.4 is 10.6 Å². The standard InChI is InChI=1S/C16H26BrN3/c1-19(2)12-13-6-9-20(10-7-13)16-11-15(17)4-3-14(16)5-8-18/h3-4,11,13H,5-10,12,18H2,1-2H3. The van der Waals surface area contributed by atoms with Crippen LogP contribution in [0.5, 0.6) is 0 Å². The topological polar surface area (TPSA) is 32.5 Å². The molecular weight excluding hydrogens is 314 g/mol. The summed E-state index contributed by atoms with van der Waals surface area (Å²) in [6.45, 7) is 4.24. The highest BCUT2D eigenvalue weighted by Gasteiger charge is 2.21. The molecule has 0 radical (unpaired) electrons. The molecule has 2 rings (SSSR count). The predicted molar refractivity (Wildman–Crippen MR) is 90.4 cm³/mol. The van der Waals surface area contributed by atoms with Crippen molar-refractivity contribution in [1.82, 2.24) is 4.90 Å². The van der Waals surface area contributed by atoms with Crippen LogP contribution in [0.25, 0.3) is 0 Å². The summed E-state index contributed by atoms with van der Waals surface area (Å²) in [5, 5.41) is 0. The van der Waals surface area contributed by atoms with Gasteiger partial charge >= 0.3 is 0 Å². The van der Waals surface area contributed by atoms with Gasteiger partial charge in [-0.25, -0.2) is 0 Å². The molecule has 1 heterocycles. The highest BCUT2D eigenvalue weighted by atomic mass is 79.9. The molecule has 1 aromatic rings. The molecule has 4 heteroatoms. The number of benzene rings is 1. The minimum absolute atomic E-state index is 0.714. The van der Waals surface area contributed by atoms with Crippen molar-refractivity contribution in [2.45, 2.75) is 19.3 Å². The molecule has 20 heavy (non-hydrogen) atoms. The van der Waals surface area contributed by atoms with Gasteiger partial charge in [0.2, 0.25) is 0 Å². The van der Waals surface area contributed by atoms with Gasteiger partial charge in [0, 0.05) is 29.8 Å². The molecule has 1 saturated heterocycles. The SMILES string of the molecule is CN(C)CC1CCN(c2cc(Br)ccc2CCN)CC1. The molecule has 2 N–H and O–H groups in total. The highest BCUT2D eigenvalue weighted by Crippen LogP contribution is 2.29.